The van der Waals surface area contributed by atoms with Crippen LogP contribution in [0, 0.1) is 6.92 Å². The number of anilines is 1. The van der Waals surface area contributed by atoms with Crippen molar-refractivity contribution >= 4 is 17.5 Å². The fourth-order valence-corrected chi connectivity index (χ4v) is 4.37. The number of nitrogens with one attached hydrogen (secondary N) is 1. The lowest BCUT2D eigenvalue weighted by Gasteiger charge is -2.30. The van der Waals surface area contributed by atoms with Crippen LogP contribution in [0.15, 0.2) is 77.3 Å². The van der Waals surface area contributed by atoms with Gasteiger partial charge in [-0.3, -0.25) is 9.59 Å². The highest BCUT2D eigenvalue weighted by Gasteiger charge is 2.28. The fourth-order valence-electron chi connectivity index (χ4n) is 4.37. The zero-order chi connectivity index (χ0) is 25.8. The van der Waals surface area contributed by atoms with Gasteiger partial charge in [-0.25, -0.2) is 0 Å². The molecule has 8 nitrogen and oxygen atoms in total. The number of hydrogen-bond donors (Lipinski definition) is 1. The number of benzene rings is 3. The molecule has 2 heterocycles. The Morgan fingerprint density at radius 1 is 0.919 bits per heavy atom. The summed E-state index contributed by atoms with van der Waals surface area (Å²) in [7, 11) is 1.60. The van der Waals surface area contributed by atoms with Crippen LogP contribution in [0.3, 0.4) is 0 Å². The van der Waals surface area contributed by atoms with Crippen LogP contribution in [-0.4, -0.2) is 47.1 Å². The molecule has 1 aliphatic heterocycles. The van der Waals surface area contributed by atoms with E-state index in [0.29, 0.717) is 41.6 Å². The monoisotopic (exact) mass is 496 g/mol. The summed E-state index contributed by atoms with van der Waals surface area (Å²) >= 11 is 0. The van der Waals surface area contributed by atoms with E-state index in [4.69, 9.17) is 9.26 Å². The van der Waals surface area contributed by atoms with Gasteiger partial charge in [0.25, 0.3) is 11.8 Å². The van der Waals surface area contributed by atoms with Gasteiger partial charge in [0.05, 0.1) is 7.11 Å². The van der Waals surface area contributed by atoms with Crippen molar-refractivity contribution in [2.24, 2.45) is 0 Å². The molecule has 0 spiro atoms. The predicted octanol–water partition coefficient (Wildman–Crippen LogP) is 5.33. The number of aryl methyl sites for hydroxylation is 1. The van der Waals surface area contributed by atoms with Gasteiger partial charge in [-0.2, -0.15) is 4.98 Å². The second-order valence-corrected chi connectivity index (χ2v) is 9.15. The first-order chi connectivity index (χ1) is 18.0. The van der Waals surface area contributed by atoms with E-state index in [-0.39, 0.29) is 17.7 Å². The lowest BCUT2D eigenvalue weighted by molar-refractivity contribution is 0.0704. The van der Waals surface area contributed by atoms with Crippen molar-refractivity contribution < 1.29 is 18.8 Å². The maximum Gasteiger partial charge on any atom is 0.255 e. The zero-order valence-corrected chi connectivity index (χ0v) is 20.8. The van der Waals surface area contributed by atoms with Crippen LogP contribution in [0.2, 0.25) is 0 Å². The van der Waals surface area contributed by atoms with Crippen molar-refractivity contribution in [3.8, 4) is 17.1 Å². The predicted molar refractivity (Wildman–Crippen MR) is 140 cm³/mol. The van der Waals surface area contributed by atoms with E-state index >= 15 is 0 Å². The molecular weight excluding hydrogens is 468 g/mol. The average molecular weight is 497 g/mol. The van der Waals surface area contributed by atoms with Gasteiger partial charge in [-0.15, -0.1) is 0 Å². The van der Waals surface area contributed by atoms with Gasteiger partial charge in [-0.05, 0) is 68.3 Å². The van der Waals surface area contributed by atoms with E-state index in [1.54, 1.807) is 55.6 Å². The molecule has 0 unspecified atom stereocenters. The second kappa shape index (κ2) is 10.7. The molecular formula is C29H28N4O4. The molecule has 1 fully saturated rings. The zero-order valence-electron chi connectivity index (χ0n) is 20.8. The van der Waals surface area contributed by atoms with E-state index in [1.807, 2.05) is 36.1 Å². The Balaban J connectivity index is 1.18. The fraction of sp³-hybridized carbons (Fsp3) is 0.241. The molecule has 37 heavy (non-hydrogen) atoms. The number of carbonyl (C=O) groups is 2. The van der Waals surface area contributed by atoms with Crippen LogP contribution in [0.25, 0.3) is 11.4 Å². The minimum atomic E-state index is -0.211. The van der Waals surface area contributed by atoms with Gasteiger partial charge in [0.2, 0.25) is 11.7 Å². The second-order valence-electron chi connectivity index (χ2n) is 9.15. The molecule has 0 bridgehead atoms. The van der Waals surface area contributed by atoms with E-state index in [1.165, 1.54) is 0 Å². The summed E-state index contributed by atoms with van der Waals surface area (Å²) in [6.45, 7) is 3.30. The summed E-state index contributed by atoms with van der Waals surface area (Å²) in [5.41, 5.74) is 3.82. The Kier molecular flexibility index (Phi) is 6.98. The molecule has 0 atom stereocenters. The third-order valence-corrected chi connectivity index (χ3v) is 6.62. The van der Waals surface area contributed by atoms with Crippen LogP contribution in [0.5, 0.6) is 5.75 Å². The summed E-state index contributed by atoms with van der Waals surface area (Å²) in [6, 6.07) is 21.9. The Labute approximate surface area is 215 Å². The van der Waals surface area contributed by atoms with Gasteiger partial charge < -0.3 is 19.5 Å². The lowest BCUT2D eigenvalue weighted by atomic mass is 9.96. The van der Waals surface area contributed by atoms with Crippen molar-refractivity contribution in [3.63, 3.8) is 0 Å². The minimum Gasteiger partial charge on any atom is -0.497 e. The molecule has 2 amide bonds. The highest BCUT2D eigenvalue weighted by molar-refractivity contribution is 6.04. The Hall–Kier alpha value is -4.46. The highest BCUT2D eigenvalue weighted by Crippen LogP contribution is 2.29. The van der Waals surface area contributed by atoms with Gasteiger partial charge >= 0.3 is 0 Å². The smallest absolute Gasteiger partial charge is 0.255 e. The number of nitrogens with zero attached hydrogens (tertiary/aromatic N) is 3. The van der Waals surface area contributed by atoms with Crippen molar-refractivity contribution in [1.82, 2.24) is 15.0 Å². The molecule has 0 radical (unpaired) electrons. The first-order valence-corrected chi connectivity index (χ1v) is 12.3. The Bertz CT molecular complexity index is 1370. The van der Waals surface area contributed by atoms with Crippen molar-refractivity contribution in [2.75, 3.05) is 25.5 Å². The molecule has 8 heteroatoms. The minimum absolute atomic E-state index is 0.0563. The molecule has 5 rings (SSSR count). The Morgan fingerprint density at radius 3 is 2.22 bits per heavy atom. The molecule has 3 aromatic carbocycles. The number of amides is 2. The summed E-state index contributed by atoms with van der Waals surface area (Å²) in [6.07, 6.45) is 1.54. The van der Waals surface area contributed by atoms with E-state index < -0.39 is 0 Å². The summed E-state index contributed by atoms with van der Waals surface area (Å²) in [5, 5.41) is 7.02. The average Bonchev–Trinajstić information content (AvgIpc) is 3.44. The van der Waals surface area contributed by atoms with Crippen molar-refractivity contribution in [2.45, 2.75) is 25.7 Å². The summed E-state index contributed by atoms with van der Waals surface area (Å²) in [4.78, 5) is 31.9. The van der Waals surface area contributed by atoms with Crippen LogP contribution >= 0.6 is 0 Å². The quantitative estimate of drug-likeness (QED) is 0.388. The molecule has 1 saturated heterocycles. The number of carbonyl (C=O) groups excluding carboxylic acids is 2. The number of hydrogen-bond acceptors (Lipinski definition) is 6. The number of likely N-dealkylation sites (tertiary alicyclic amines) is 1. The van der Waals surface area contributed by atoms with E-state index in [0.717, 1.165) is 29.7 Å². The third kappa shape index (κ3) is 5.53. The maximum atomic E-state index is 12.8. The molecule has 1 aromatic heterocycles. The standard InChI is InChI=1S/C29H28N4O4/c1-19-3-5-23(6-4-19)29(35)33-17-15-22(16-18-33)28-31-26(32-37-28)20-7-9-21(10-8-20)27(34)30-24-11-13-25(36-2)14-12-24/h3-14,22H,15-18H2,1-2H3,(H,30,34). The van der Waals surface area contributed by atoms with Gasteiger partial charge in [0, 0.05) is 41.4 Å². The molecule has 188 valence electrons. The highest BCUT2D eigenvalue weighted by atomic mass is 16.5. The number of piperidine rings is 1. The largest absolute Gasteiger partial charge is 0.497 e. The molecule has 0 saturated carbocycles. The van der Waals surface area contributed by atoms with Gasteiger partial charge in [-0.1, -0.05) is 35.0 Å². The normalized spacial score (nSPS) is 13.8. The lowest BCUT2D eigenvalue weighted by Crippen LogP contribution is -2.38. The summed E-state index contributed by atoms with van der Waals surface area (Å²) < 4.78 is 10.7. The molecule has 4 aromatic rings. The van der Waals surface area contributed by atoms with Gasteiger partial charge in [0.1, 0.15) is 5.75 Å². The molecule has 0 aliphatic carbocycles. The third-order valence-electron chi connectivity index (χ3n) is 6.62. The van der Waals surface area contributed by atoms with Crippen LogP contribution < -0.4 is 10.1 Å². The Morgan fingerprint density at radius 2 is 1.57 bits per heavy atom. The number of ether oxygens (including phenoxy) is 1. The topological polar surface area (TPSA) is 97.6 Å². The van der Waals surface area contributed by atoms with Crippen LogP contribution in [0.4, 0.5) is 5.69 Å². The SMILES string of the molecule is COc1ccc(NC(=O)c2ccc(-c3noc(C4CCN(C(=O)c5ccc(C)cc5)CC4)n3)cc2)cc1. The first-order valence-electron chi connectivity index (χ1n) is 12.3. The molecule has 1 N–H and O–H groups in total. The van der Waals surface area contributed by atoms with Crippen LogP contribution in [0.1, 0.15) is 50.9 Å². The summed E-state index contributed by atoms with van der Waals surface area (Å²) in [5.74, 6) is 1.74. The first kappa shape index (κ1) is 24.2. The number of aromatic nitrogens is 2. The van der Waals surface area contributed by atoms with E-state index in [2.05, 4.69) is 15.5 Å². The molecule has 1 aliphatic rings. The number of rotatable bonds is 6. The number of methoxy groups -OCH3 is 1. The van der Waals surface area contributed by atoms with Crippen molar-refractivity contribution in [3.05, 3.63) is 95.4 Å². The van der Waals surface area contributed by atoms with Crippen LogP contribution in [-0.2, 0) is 0 Å². The van der Waals surface area contributed by atoms with Crippen molar-refractivity contribution in [1.29, 1.82) is 0 Å². The van der Waals surface area contributed by atoms with E-state index in [9.17, 15) is 9.59 Å². The maximum absolute atomic E-state index is 12.8. The van der Waals surface area contributed by atoms with Gasteiger partial charge in [0.15, 0.2) is 0 Å².